The predicted molar refractivity (Wildman–Crippen MR) is 78.3 cm³/mol. The van der Waals surface area contributed by atoms with Crippen molar-refractivity contribution in [3.8, 4) is 0 Å². The predicted octanol–water partition coefficient (Wildman–Crippen LogP) is 3.01. The van der Waals surface area contributed by atoms with Crippen molar-refractivity contribution in [1.29, 1.82) is 0 Å². The minimum atomic E-state index is 0.223. The fourth-order valence-electron chi connectivity index (χ4n) is 3.48. The van der Waals surface area contributed by atoms with E-state index in [1.807, 2.05) is 10.9 Å². The van der Waals surface area contributed by atoms with Crippen LogP contribution in [0.2, 0.25) is 0 Å². The molecule has 0 bridgehead atoms. The van der Waals surface area contributed by atoms with Crippen molar-refractivity contribution in [3.05, 3.63) is 18.0 Å². The number of nitrogens with one attached hydrogen (secondary N) is 1. The molecule has 2 unspecified atom stereocenters. The smallest absolute Gasteiger partial charge is 0.0538 e. The molecule has 1 aliphatic carbocycles. The first-order chi connectivity index (χ1) is 9.08. The quantitative estimate of drug-likeness (QED) is 0.635. The summed E-state index contributed by atoms with van der Waals surface area (Å²) in [7, 11) is 0. The molecule has 1 heterocycles. The van der Waals surface area contributed by atoms with E-state index in [0.717, 1.165) is 13.0 Å². The third-order valence-corrected chi connectivity index (χ3v) is 4.64. The van der Waals surface area contributed by atoms with Crippen molar-refractivity contribution in [2.45, 2.75) is 65.5 Å². The summed E-state index contributed by atoms with van der Waals surface area (Å²) in [4.78, 5) is 0. The number of aromatic nitrogens is 2. The van der Waals surface area contributed by atoms with E-state index in [-0.39, 0.29) is 6.04 Å². The number of hydrogen-bond donors (Lipinski definition) is 2. The summed E-state index contributed by atoms with van der Waals surface area (Å²) in [6, 6.07) is 0.223. The Balaban J connectivity index is 2.17. The summed E-state index contributed by atoms with van der Waals surface area (Å²) in [5.41, 5.74) is 4.63. The van der Waals surface area contributed by atoms with Crippen molar-refractivity contribution in [2.24, 2.45) is 17.2 Å². The van der Waals surface area contributed by atoms with E-state index in [4.69, 9.17) is 5.84 Å². The number of nitrogens with zero attached hydrogens (tertiary/aromatic N) is 2. The molecule has 3 N–H and O–H groups in total. The molecule has 1 aromatic heterocycles. The first-order valence-corrected chi connectivity index (χ1v) is 7.57. The Kier molecular flexibility index (Phi) is 4.63. The monoisotopic (exact) mass is 264 g/mol. The fraction of sp³-hybridized carbons (Fsp3) is 0.800. The molecule has 0 amide bonds. The summed E-state index contributed by atoms with van der Waals surface area (Å²) >= 11 is 0. The van der Waals surface area contributed by atoms with Gasteiger partial charge in [0.2, 0.25) is 0 Å². The van der Waals surface area contributed by atoms with Gasteiger partial charge >= 0.3 is 0 Å². The van der Waals surface area contributed by atoms with Crippen molar-refractivity contribution in [1.82, 2.24) is 15.2 Å². The van der Waals surface area contributed by atoms with E-state index in [1.54, 1.807) is 0 Å². The zero-order valence-corrected chi connectivity index (χ0v) is 12.5. The van der Waals surface area contributed by atoms with Gasteiger partial charge in [0.05, 0.1) is 12.2 Å². The van der Waals surface area contributed by atoms with Crippen LogP contribution >= 0.6 is 0 Å². The van der Waals surface area contributed by atoms with Gasteiger partial charge in [-0.2, -0.15) is 5.10 Å². The third-order valence-electron chi connectivity index (χ3n) is 4.64. The van der Waals surface area contributed by atoms with E-state index >= 15 is 0 Å². The van der Waals surface area contributed by atoms with Crippen molar-refractivity contribution in [3.63, 3.8) is 0 Å². The summed E-state index contributed by atoms with van der Waals surface area (Å²) < 4.78 is 2.02. The highest BCUT2D eigenvalue weighted by Crippen LogP contribution is 2.46. The molecule has 0 aromatic carbocycles. The molecule has 19 heavy (non-hydrogen) atoms. The van der Waals surface area contributed by atoms with Gasteiger partial charge < -0.3 is 0 Å². The molecule has 1 saturated carbocycles. The second-order valence-electron chi connectivity index (χ2n) is 6.52. The Labute approximate surface area is 116 Å². The highest BCUT2D eigenvalue weighted by Gasteiger charge is 2.38. The lowest BCUT2D eigenvalue weighted by atomic mass is 9.65. The Hall–Kier alpha value is -0.870. The molecule has 0 aliphatic heterocycles. The largest absolute Gasteiger partial charge is 0.272 e. The van der Waals surface area contributed by atoms with Crippen molar-refractivity contribution >= 4 is 0 Å². The molecule has 0 radical (unpaired) electrons. The molecule has 2 rings (SSSR count). The molecule has 1 aliphatic rings. The lowest BCUT2D eigenvalue weighted by molar-refractivity contribution is 0.0982. The highest BCUT2D eigenvalue weighted by molar-refractivity contribution is 5.13. The van der Waals surface area contributed by atoms with Gasteiger partial charge in [-0.15, -0.1) is 0 Å². The van der Waals surface area contributed by atoms with Crippen LogP contribution in [0.3, 0.4) is 0 Å². The van der Waals surface area contributed by atoms with Crippen LogP contribution in [0.15, 0.2) is 12.4 Å². The van der Waals surface area contributed by atoms with Crippen LogP contribution in [0.5, 0.6) is 0 Å². The zero-order valence-electron chi connectivity index (χ0n) is 12.5. The van der Waals surface area contributed by atoms with Crippen LogP contribution in [0.1, 0.15) is 64.5 Å². The van der Waals surface area contributed by atoms with E-state index in [2.05, 4.69) is 37.5 Å². The van der Waals surface area contributed by atoms with Crippen LogP contribution in [0.25, 0.3) is 0 Å². The number of hydrazine groups is 1. The van der Waals surface area contributed by atoms with E-state index in [0.29, 0.717) is 11.3 Å². The van der Waals surface area contributed by atoms with E-state index in [9.17, 15) is 0 Å². The number of rotatable bonds is 5. The Morgan fingerprint density at radius 2 is 2.32 bits per heavy atom. The fourth-order valence-corrected chi connectivity index (χ4v) is 3.48. The van der Waals surface area contributed by atoms with Gasteiger partial charge in [0, 0.05) is 18.3 Å². The maximum atomic E-state index is 5.85. The lowest BCUT2D eigenvalue weighted by Gasteiger charge is -2.42. The summed E-state index contributed by atoms with van der Waals surface area (Å²) in [5, 5.41) is 4.44. The van der Waals surface area contributed by atoms with Gasteiger partial charge in [0.25, 0.3) is 0 Å². The molecule has 1 aromatic rings. The van der Waals surface area contributed by atoms with Crippen molar-refractivity contribution < 1.29 is 0 Å². The standard InChI is InChI=1S/C15H28N4/c1-4-9-19-11-12(10-17-19)14(18-16)13-7-5-6-8-15(13,2)3/h10-11,13-14,18H,4-9,16H2,1-3H3. The molecular weight excluding hydrogens is 236 g/mol. The molecule has 2 atom stereocenters. The summed E-state index contributed by atoms with van der Waals surface area (Å²) in [6.45, 7) is 7.89. The van der Waals surface area contributed by atoms with Gasteiger partial charge in [0.1, 0.15) is 0 Å². The molecule has 108 valence electrons. The number of hydrogen-bond acceptors (Lipinski definition) is 3. The topological polar surface area (TPSA) is 55.9 Å². The Morgan fingerprint density at radius 1 is 1.53 bits per heavy atom. The zero-order chi connectivity index (χ0) is 13.9. The van der Waals surface area contributed by atoms with Gasteiger partial charge in [-0.1, -0.05) is 33.6 Å². The van der Waals surface area contributed by atoms with Gasteiger partial charge in [-0.05, 0) is 30.6 Å². The van der Waals surface area contributed by atoms with Crippen molar-refractivity contribution in [2.75, 3.05) is 0 Å². The van der Waals surface area contributed by atoms with E-state index < -0.39 is 0 Å². The van der Waals surface area contributed by atoms with Crippen LogP contribution in [0.4, 0.5) is 0 Å². The summed E-state index contributed by atoms with van der Waals surface area (Å²) in [5.74, 6) is 6.44. The molecule has 4 heteroatoms. The van der Waals surface area contributed by atoms with E-state index in [1.165, 1.54) is 31.2 Å². The van der Waals surface area contributed by atoms with Crippen LogP contribution < -0.4 is 11.3 Å². The second kappa shape index (κ2) is 6.06. The molecular formula is C15H28N4. The summed E-state index contributed by atoms with van der Waals surface area (Å²) in [6.07, 6.45) is 10.4. The lowest BCUT2D eigenvalue weighted by Crippen LogP contribution is -2.41. The number of nitrogens with two attached hydrogens (primary N) is 1. The van der Waals surface area contributed by atoms with Gasteiger partial charge in [-0.3, -0.25) is 16.0 Å². The third kappa shape index (κ3) is 3.18. The average Bonchev–Trinajstić information content (AvgIpc) is 2.81. The molecule has 1 fully saturated rings. The Bertz CT molecular complexity index is 397. The number of aryl methyl sites for hydroxylation is 1. The molecule has 0 saturated heterocycles. The molecule has 4 nitrogen and oxygen atoms in total. The van der Waals surface area contributed by atoms with Gasteiger partial charge in [-0.25, -0.2) is 0 Å². The first-order valence-electron chi connectivity index (χ1n) is 7.57. The normalized spacial score (nSPS) is 24.3. The second-order valence-corrected chi connectivity index (χ2v) is 6.52. The van der Waals surface area contributed by atoms with Crippen LogP contribution in [-0.2, 0) is 6.54 Å². The van der Waals surface area contributed by atoms with Crippen LogP contribution in [0, 0.1) is 11.3 Å². The SMILES string of the molecule is CCCn1cc(C(NN)C2CCCCC2(C)C)cn1. The van der Waals surface area contributed by atoms with Gasteiger partial charge in [0.15, 0.2) is 0 Å². The molecule has 0 spiro atoms. The average molecular weight is 264 g/mol. The van der Waals surface area contributed by atoms with Crippen LogP contribution in [-0.4, -0.2) is 9.78 Å². The maximum absolute atomic E-state index is 5.85. The maximum Gasteiger partial charge on any atom is 0.0538 e. The Morgan fingerprint density at radius 3 is 2.95 bits per heavy atom. The minimum absolute atomic E-state index is 0.223. The minimum Gasteiger partial charge on any atom is -0.272 e. The highest BCUT2D eigenvalue weighted by atomic mass is 15.3. The first kappa shape index (κ1) is 14.5.